The van der Waals surface area contributed by atoms with Gasteiger partial charge in [-0.2, -0.15) is 0 Å². The minimum absolute atomic E-state index is 0.201. The molecule has 0 amide bonds. The topological polar surface area (TPSA) is 128 Å². The Morgan fingerprint density at radius 3 is 2.63 bits per heavy atom. The summed E-state index contributed by atoms with van der Waals surface area (Å²) in [6, 6.07) is 17.8. The van der Waals surface area contributed by atoms with E-state index in [1.807, 2.05) is 49.4 Å². The number of aryl methyl sites for hydroxylation is 1. The van der Waals surface area contributed by atoms with Gasteiger partial charge in [-0.05, 0) is 48.9 Å². The van der Waals surface area contributed by atoms with Gasteiger partial charge in [0.25, 0.3) is 5.56 Å². The molecule has 6 aromatic rings. The number of ketones is 1. The SMILES string of the molecule is CCCn1c(=O)[nH]c2ccc(C(=O)c3nc(-c4cccc(-c5nnc(C)o5)c4)c4ccccn34)cc2c1=O. The first-order chi connectivity index (χ1) is 18.4. The molecule has 4 heterocycles. The molecule has 10 heteroatoms. The van der Waals surface area contributed by atoms with E-state index in [-0.39, 0.29) is 17.0 Å². The average Bonchev–Trinajstić information content (AvgIpc) is 3.55. The third-order valence-electron chi connectivity index (χ3n) is 6.35. The summed E-state index contributed by atoms with van der Waals surface area (Å²) in [4.78, 5) is 46.5. The minimum Gasteiger partial charge on any atom is -0.421 e. The van der Waals surface area contributed by atoms with Crippen LogP contribution in [0.3, 0.4) is 0 Å². The number of pyridine rings is 1. The number of nitrogens with one attached hydrogen (secondary N) is 1. The molecule has 0 spiro atoms. The maximum absolute atomic E-state index is 13.7. The molecule has 1 N–H and O–H groups in total. The summed E-state index contributed by atoms with van der Waals surface area (Å²) in [6.07, 6.45) is 2.40. The number of carbonyl (C=O) groups is 1. The number of nitrogens with zero attached hydrogens (tertiary/aromatic N) is 5. The largest absolute Gasteiger partial charge is 0.421 e. The van der Waals surface area contributed by atoms with Crippen molar-refractivity contribution in [2.75, 3.05) is 0 Å². The Kier molecular flexibility index (Phi) is 5.56. The average molecular weight is 507 g/mol. The number of fused-ring (bicyclic) bond motifs is 2. The van der Waals surface area contributed by atoms with Crippen molar-refractivity contribution in [1.29, 1.82) is 0 Å². The van der Waals surface area contributed by atoms with E-state index in [1.165, 1.54) is 6.07 Å². The molecule has 0 radical (unpaired) electrons. The monoisotopic (exact) mass is 506 g/mol. The van der Waals surface area contributed by atoms with Crippen LogP contribution in [0.15, 0.2) is 80.9 Å². The first kappa shape index (κ1) is 23.3. The second-order valence-corrected chi connectivity index (χ2v) is 8.92. The van der Waals surface area contributed by atoms with Gasteiger partial charge in [-0.1, -0.05) is 25.1 Å². The number of carbonyl (C=O) groups excluding carboxylic acids is 1. The predicted molar refractivity (Wildman–Crippen MR) is 141 cm³/mol. The maximum Gasteiger partial charge on any atom is 0.328 e. The number of aromatic nitrogens is 6. The van der Waals surface area contributed by atoms with Crippen molar-refractivity contribution in [3.05, 3.63) is 105 Å². The van der Waals surface area contributed by atoms with Crippen LogP contribution in [0.2, 0.25) is 0 Å². The highest BCUT2D eigenvalue weighted by atomic mass is 16.4. The van der Waals surface area contributed by atoms with E-state index >= 15 is 0 Å². The molecular formula is C28H22N6O4. The van der Waals surface area contributed by atoms with Gasteiger partial charge in [0, 0.05) is 36.4 Å². The van der Waals surface area contributed by atoms with Crippen molar-refractivity contribution in [1.82, 2.24) is 29.1 Å². The zero-order chi connectivity index (χ0) is 26.4. The Morgan fingerprint density at radius 2 is 1.84 bits per heavy atom. The van der Waals surface area contributed by atoms with Gasteiger partial charge < -0.3 is 9.40 Å². The Hall–Kier alpha value is -5.12. The fourth-order valence-electron chi connectivity index (χ4n) is 4.57. The van der Waals surface area contributed by atoms with Gasteiger partial charge in [0.2, 0.25) is 17.6 Å². The lowest BCUT2D eigenvalue weighted by Gasteiger charge is -2.06. The van der Waals surface area contributed by atoms with Crippen molar-refractivity contribution in [2.45, 2.75) is 26.8 Å². The molecule has 4 aromatic heterocycles. The van der Waals surface area contributed by atoms with E-state index in [0.717, 1.165) is 21.2 Å². The lowest BCUT2D eigenvalue weighted by molar-refractivity contribution is 0.102. The molecule has 0 unspecified atom stereocenters. The Bertz CT molecular complexity index is 1980. The van der Waals surface area contributed by atoms with Gasteiger partial charge in [0.1, 0.15) is 0 Å². The van der Waals surface area contributed by atoms with Crippen LogP contribution in [0, 0.1) is 6.92 Å². The van der Waals surface area contributed by atoms with Gasteiger partial charge >= 0.3 is 5.69 Å². The van der Waals surface area contributed by atoms with Crippen LogP contribution in [-0.2, 0) is 6.54 Å². The lowest BCUT2D eigenvalue weighted by Crippen LogP contribution is -2.35. The molecule has 0 fully saturated rings. The highest BCUT2D eigenvalue weighted by Crippen LogP contribution is 2.29. The standard InChI is InChI=1S/C28H22N6O4/c1-3-12-34-27(36)20-15-18(10-11-21(20)29-28(34)37)24(35)25-30-23(22-9-4-5-13-33(22)25)17-7-6-8-19(14-17)26-32-31-16(2)38-26/h4-11,13-15H,3,12H2,1-2H3,(H,29,37). The molecule has 6 rings (SSSR count). The van der Waals surface area contributed by atoms with Gasteiger partial charge in [-0.3, -0.25) is 18.6 Å². The van der Waals surface area contributed by atoms with Gasteiger partial charge in [0.15, 0.2) is 5.82 Å². The highest BCUT2D eigenvalue weighted by Gasteiger charge is 2.21. The van der Waals surface area contributed by atoms with Crippen LogP contribution in [0.1, 0.15) is 35.4 Å². The smallest absolute Gasteiger partial charge is 0.328 e. The van der Waals surface area contributed by atoms with E-state index < -0.39 is 11.2 Å². The number of imidazole rings is 1. The summed E-state index contributed by atoms with van der Waals surface area (Å²) in [5, 5.41) is 8.27. The van der Waals surface area contributed by atoms with Crippen LogP contribution in [-0.4, -0.2) is 34.9 Å². The van der Waals surface area contributed by atoms with Crippen molar-refractivity contribution >= 4 is 22.2 Å². The number of hydrogen-bond acceptors (Lipinski definition) is 7. The molecule has 2 aromatic carbocycles. The molecule has 0 aliphatic carbocycles. The van der Waals surface area contributed by atoms with Crippen LogP contribution in [0.5, 0.6) is 0 Å². The summed E-state index contributed by atoms with van der Waals surface area (Å²) >= 11 is 0. The predicted octanol–water partition coefficient (Wildman–Crippen LogP) is 4.00. The highest BCUT2D eigenvalue weighted by molar-refractivity contribution is 6.09. The lowest BCUT2D eigenvalue weighted by atomic mass is 10.1. The minimum atomic E-state index is -0.467. The quantitative estimate of drug-likeness (QED) is 0.338. The molecule has 38 heavy (non-hydrogen) atoms. The second kappa shape index (κ2) is 9.07. The number of hydrogen-bond donors (Lipinski definition) is 1. The zero-order valence-electron chi connectivity index (χ0n) is 20.6. The molecule has 188 valence electrons. The maximum atomic E-state index is 13.7. The third-order valence-corrected chi connectivity index (χ3v) is 6.35. The van der Waals surface area contributed by atoms with Crippen LogP contribution in [0.25, 0.3) is 39.1 Å². The molecular weight excluding hydrogens is 484 g/mol. The Labute approximate surface area is 215 Å². The van der Waals surface area contributed by atoms with Crippen LogP contribution in [0.4, 0.5) is 0 Å². The first-order valence-corrected chi connectivity index (χ1v) is 12.1. The van der Waals surface area contributed by atoms with E-state index in [2.05, 4.69) is 15.2 Å². The van der Waals surface area contributed by atoms with Crippen molar-refractivity contribution in [3.63, 3.8) is 0 Å². The third kappa shape index (κ3) is 3.83. The first-order valence-electron chi connectivity index (χ1n) is 12.1. The zero-order valence-corrected chi connectivity index (χ0v) is 20.6. The summed E-state index contributed by atoms with van der Waals surface area (Å²) in [7, 11) is 0. The summed E-state index contributed by atoms with van der Waals surface area (Å²) in [5.74, 6) is 0.710. The van der Waals surface area contributed by atoms with Gasteiger partial charge in [-0.15, -0.1) is 10.2 Å². The van der Waals surface area contributed by atoms with Crippen LogP contribution < -0.4 is 11.2 Å². The van der Waals surface area contributed by atoms with Crippen molar-refractivity contribution < 1.29 is 9.21 Å². The fourth-order valence-corrected chi connectivity index (χ4v) is 4.57. The number of H-pyrrole nitrogens is 1. The van der Waals surface area contributed by atoms with Gasteiger partial charge in [-0.25, -0.2) is 9.78 Å². The fraction of sp³-hybridized carbons (Fsp3) is 0.143. The second-order valence-electron chi connectivity index (χ2n) is 8.92. The molecule has 0 saturated carbocycles. The number of aromatic amines is 1. The van der Waals surface area contributed by atoms with E-state index in [9.17, 15) is 14.4 Å². The van der Waals surface area contributed by atoms with Gasteiger partial charge in [0.05, 0.1) is 22.1 Å². The van der Waals surface area contributed by atoms with E-state index in [0.29, 0.717) is 41.5 Å². The molecule has 0 aliphatic rings. The Balaban J connectivity index is 1.48. The summed E-state index contributed by atoms with van der Waals surface area (Å²) in [6.45, 7) is 3.90. The molecule has 0 saturated heterocycles. The normalized spacial score (nSPS) is 11.4. The number of rotatable bonds is 6. The molecule has 10 nitrogen and oxygen atoms in total. The van der Waals surface area contributed by atoms with E-state index in [4.69, 9.17) is 9.40 Å². The molecule has 0 aliphatic heterocycles. The molecule has 0 bridgehead atoms. The van der Waals surface area contributed by atoms with E-state index in [1.54, 1.807) is 29.7 Å². The van der Waals surface area contributed by atoms with Crippen LogP contribution >= 0.6 is 0 Å². The Morgan fingerprint density at radius 1 is 1.00 bits per heavy atom. The van der Waals surface area contributed by atoms with Crippen molar-refractivity contribution in [3.8, 4) is 22.7 Å². The van der Waals surface area contributed by atoms with Crippen molar-refractivity contribution in [2.24, 2.45) is 0 Å². The number of benzene rings is 2. The molecule has 0 atom stereocenters. The summed E-state index contributed by atoms with van der Waals surface area (Å²) < 4.78 is 8.45. The summed E-state index contributed by atoms with van der Waals surface area (Å²) in [5.41, 5.74) is 2.65.